The number of aliphatic hydroxyl groups excluding tert-OH is 2. The van der Waals surface area contributed by atoms with E-state index in [-0.39, 0.29) is 26.4 Å². The molecule has 4 aromatic carbocycles. The van der Waals surface area contributed by atoms with E-state index in [1.165, 1.54) is 0 Å². The van der Waals surface area contributed by atoms with Crippen molar-refractivity contribution in [2.75, 3.05) is 13.2 Å². The molecule has 0 saturated carbocycles. The first-order valence-electron chi connectivity index (χ1n) is 17.4. The van der Waals surface area contributed by atoms with Crippen LogP contribution in [0.15, 0.2) is 121 Å². The van der Waals surface area contributed by atoms with Crippen LogP contribution in [0.1, 0.15) is 34.8 Å². The van der Waals surface area contributed by atoms with Crippen LogP contribution in [0.3, 0.4) is 0 Å². The van der Waals surface area contributed by atoms with Crippen LogP contribution in [-0.2, 0) is 55.8 Å². The van der Waals surface area contributed by atoms with E-state index in [9.17, 15) is 10.2 Å². The van der Waals surface area contributed by atoms with E-state index in [0.29, 0.717) is 0 Å². The topological polar surface area (TPSA) is 124 Å². The largest absolute Gasteiger partial charge is 0.385 e. The van der Waals surface area contributed by atoms with Crippen molar-refractivity contribution in [1.82, 2.24) is 0 Å². The summed E-state index contributed by atoms with van der Waals surface area (Å²) in [5.74, 6) is 0. The maximum absolute atomic E-state index is 11.9. The SMILES string of the molecule is OC1OC2COC(c3ccccc3)OC2C(OCc2ccccc2)C1OC1OC2COC(c3ccccc3)OC2C(OCc2ccccc2)C1O. The summed E-state index contributed by atoms with van der Waals surface area (Å²) >= 11 is 0. The summed E-state index contributed by atoms with van der Waals surface area (Å²) in [6.07, 6.45) is -10.9. The first kappa shape index (κ1) is 34.5. The third kappa shape index (κ3) is 7.80. The molecule has 8 rings (SSSR count). The Hall–Kier alpha value is -3.56. The smallest absolute Gasteiger partial charge is 0.187 e. The van der Waals surface area contributed by atoms with Crippen molar-refractivity contribution in [3.8, 4) is 0 Å². The molecular weight excluding hydrogens is 656 g/mol. The molecule has 12 atom stereocenters. The third-order valence-corrected chi connectivity index (χ3v) is 9.61. The van der Waals surface area contributed by atoms with Crippen LogP contribution in [0.2, 0.25) is 0 Å². The number of benzene rings is 4. The number of ether oxygens (including phenoxy) is 9. The molecular formula is C40H42O11. The summed E-state index contributed by atoms with van der Waals surface area (Å²) in [7, 11) is 0. The second-order valence-electron chi connectivity index (χ2n) is 13.1. The standard InChI is InChI=1S/C40H42O11/c41-31-34(43-21-25-13-5-1-6-14-25)32-30(24-46-38(49-32)27-17-9-3-10-18-27)48-40(31)51-36-35(44-22-26-15-7-2-8-16-26)33-29(47-37(36)42)23-45-39(50-33)28-19-11-4-12-20-28/h1-20,29-42H,21-24H2. The second-order valence-corrected chi connectivity index (χ2v) is 13.1. The number of rotatable bonds is 10. The molecule has 4 aliphatic rings. The summed E-state index contributed by atoms with van der Waals surface area (Å²) in [6, 6.07) is 38.6. The lowest BCUT2D eigenvalue weighted by Crippen LogP contribution is -2.67. The van der Waals surface area contributed by atoms with Gasteiger partial charge in [0.1, 0.15) is 48.8 Å². The summed E-state index contributed by atoms with van der Waals surface area (Å²) < 4.78 is 56.8. The zero-order valence-corrected chi connectivity index (χ0v) is 27.9. The molecule has 0 bridgehead atoms. The molecule has 2 N–H and O–H groups in total. The molecule has 4 heterocycles. The summed E-state index contributed by atoms with van der Waals surface area (Å²) in [5, 5.41) is 23.4. The zero-order chi connectivity index (χ0) is 34.6. The van der Waals surface area contributed by atoms with E-state index in [4.69, 9.17) is 42.6 Å². The maximum Gasteiger partial charge on any atom is 0.187 e. The Labute approximate surface area is 296 Å². The highest BCUT2D eigenvalue weighted by atomic mass is 16.8. The highest BCUT2D eigenvalue weighted by Gasteiger charge is 2.55. The monoisotopic (exact) mass is 698 g/mol. The predicted octanol–water partition coefficient (Wildman–Crippen LogP) is 4.57. The van der Waals surface area contributed by atoms with Gasteiger partial charge in [-0.2, -0.15) is 0 Å². The summed E-state index contributed by atoms with van der Waals surface area (Å²) in [6.45, 7) is 0.753. The molecule has 11 heteroatoms. The van der Waals surface area contributed by atoms with Crippen molar-refractivity contribution in [2.45, 2.75) is 87.2 Å². The molecule has 0 radical (unpaired) electrons. The van der Waals surface area contributed by atoms with Crippen molar-refractivity contribution in [3.63, 3.8) is 0 Å². The van der Waals surface area contributed by atoms with Gasteiger partial charge in [0.15, 0.2) is 25.2 Å². The van der Waals surface area contributed by atoms with E-state index >= 15 is 0 Å². The lowest BCUT2D eigenvalue weighted by molar-refractivity contribution is -0.407. The number of aliphatic hydroxyl groups is 2. The average Bonchev–Trinajstić information content (AvgIpc) is 3.19. The van der Waals surface area contributed by atoms with Crippen molar-refractivity contribution in [2.24, 2.45) is 0 Å². The minimum absolute atomic E-state index is 0.156. The Morgan fingerprint density at radius 3 is 1.49 bits per heavy atom. The van der Waals surface area contributed by atoms with Crippen LogP contribution in [-0.4, -0.2) is 84.8 Å². The molecule has 12 unspecified atom stereocenters. The normalized spacial score (nSPS) is 35.0. The van der Waals surface area contributed by atoms with E-state index in [2.05, 4.69) is 0 Å². The van der Waals surface area contributed by atoms with Gasteiger partial charge in [-0.25, -0.2) is 0 Å². The van der Waals surface area contributed by atoms with Crippen LogP contribution < -0.4 is 0 Å². The molecule has 4 aliphatic heterocycles. The van der Waals surface area contributed by atoms with Gasteiger partial charge in [0.2, 0.25) is 0 Å². The fourth-order valence-electron chi connectivity index (χ4n) is 7.01. The Balaban J connectivity index is 1.05. The Morgan fingerprint density at radius 1 is 0.510 bits per heavy atom. The number of fused-ring (bicyclic) bond motifs is 2. The van der Waals surface area contributed by atoms with Crippen molar-refractivity contribution in [3.05, 3.63) is 144 Å². The fourth-order valence-corrected chi connectivity index (χ4v) is 7.01. The van der Waals surface area contributed by atoms with Gasteiger partial charge in [-0.3, -0.25) is 0 Å². The minimum Gasteiger partial charge on any atom is -0.385 e. The van der Waals surface area contributed by atoms with Crippen LogP contribution in [0.25, 0.3) is 0 Å². The minimum atomic E-state index is -1.45. The molecule has 0 spiro atoms. The van der Waals surface area contributed by atoms with Gasteiger partial charge in [-0.05, 0) is 11.1 Å². The Bertz CT molecular complexity index is 1650. The first-order valence-corrected chi connectivity index (χ1v) is 17.4. The lowest BCUT2D eigenvalue weighted by atomic mass is 9.95. The third-order valence-electron chi connectivity index (χ3n) is 9.61. The van der Waals surface area contributed by atoms with Gasteiger partial charge in [0.25, 0.3) is 0 Å². The van der Waals surface area contributed by atoms with Gasteiger partial charge in [-0.1, -0.05) is 121 Å². The van der Waals surface area contributed by atoms with E-state index in [0.717, 1.165) is 22.3 Å². The van der Waals surface area contributed by atoms with Gasteiger partial charge in [-0.15, -0.1) is 0 Å². The fraction of sp³-hybridized carbons (Fsp3) is 0.400. The van der Waals surface area contributed by atoms with Gasteiger partial charge < -0.3 is 52.8 Å². The van der Waals surface area contributed by atoms with E-state index in [1.54, 1.807) is 0 Å². The lowest BCUT2D eigenvalue weighted by Gasteiger charge is -2.51. The molecule has 11 nitrogen and oxygen atoms in total. The first-order chi connectivity index (χ1) is 25.1. The van der Waals surface area contributed by atoms with Crippen LogP contribution >= 0.6 is 0 Å². The molecule has 0 aromatic heterocycles. The van der Waals surface area contributed by atoms with Crippen LogP contribution in [0.5, 0.6) is 0 Å². The summed E-state index contributed by atoms with van der Waals surface area (Å²) in [4.78, 5) is 0. The molecule has 0 aliphatic carbocycles. The Morgan fingerprint density at radius 2 is 0.961 bits per heavy atom. The quantitative estimate of drug-likeness (QED) is 0.242. The molecule has 4 fully saturated rings. The van der Waals surface area contributed by atoms with Crippen molar-refractivity contribution < 1.29 is 52.8 Å². The predicted molar refractivity (Wildman–Crippen MR) is 180 cm³/mol. The van der Waals surface area contributed by atoms with Crippen molar-refractivity contribution >= 4 is 0 Å². The Kier molecular flexibility index (Phi) is 10.8. The number of hydrogen-bond acceptors (Lipinski definition) is 11. The van der Waals surface area contributed by atoms with E-state index < -0.39 is 74.0 Å². The maximum atomic E-state index is 11.9. The van der Waals surface area contributed by atoms with Crippen LogP contribution in [0, 0.1) is 0 Å². The highest BCUT2D eigenvalue weighted by molar-refractivity contribution is 5.19. The van der Waals surface area contributed by atoms with E-state index in [1.807, 2.05) is 121 Å². The zero-order valence-electron chi connectivity index (χ0n) is 27.9. The molecule has 268 valence electrons. The van der Waals surface area contributed by atoms with Crippen LogP contribution in [0.4, 0.5) is 0 Å². The number of hydrogen-bond donors (Lipinski definition) is 2. The van der Waals surface area contributed by atoms with Gasteiger partial charge >= 0.3 is 0 Å². The summed E-state index contributed by atoms with van der Waals surface area (Å²) in [5.41, 5.74) is 3.53. The molecule has 51 heavy (non-hydrogen) atoms. The van der Waals surface area contributed by atoms with Gasteiger partial charge in [0, 0.05) is 11.1 Å². The average molecular weight is 699 g/mol. The highest BCUT2D eigenvalue weighted by Crippen LogP contribution is 2.40. The molecule has 4 saturated heterocycles. The van der Waals surface area contributed by atoms with Gasteiger partial charge in [0.05, 0.1) is 26.4 Å². The molecule has 4 aromatic rings. The second kappa shape index (κ2) is 16.0. The van der Waals surface area contributed by atoms with Crippen molar-refractivity contribution in [1.29, 1.82) is 0 Å². The molecule has 0 amide bonds.